The van der Waals surface area contributed by atoms with Gasteiger partial charge in [-0.2, -0.15) is 0 Å². The van der Waals surface area contributed by atoms with E-state index in [0.29, 0.717) is 19.0 Å². The van der Waals surface area contributed by atoms with Crippen LogP contribution in [0.15, 0.2) is 42.7 Å². The molecule has 3 aromatic rings. The zero-order valence-corrected chi connectivity index (χ0v) is 18.4. The van der Waals surface area contributed by atoms with Crippen LogP contribution < -0.4 is 4.90 Å². The lowest BCUT2D eigenvalue weighted by Gasteiger charge is -2.33. The average Bonchev–Trinajstić information content (AvgIpc) is 3.25. The molecule has 2 aromatic heterocycles. The van der Waals surface area contributed by atoms with Gasteiger partial charge in [0.25, 0.3) is 0 Å². The van der Waals surface area contributed by atoms with Gasteiger partial charge in [0, 0.05) is 48.1 Å². The molecule has 0 radical (unpaired) electrons. The smallest absolute Gasteiger partial charge is 0.225 e. The second-order valence-electron chi connectivity index (χ2n) is 9.32. The highest BCUT2D eigenvalue weighted by molar-refractivity contribution is 5.63. The lowest BCUT2D eigenvalue weighted by molar-refractivity contribution is -0.229. The largest absolute Gasteiger partial charge is 0.345 e. The Morgan fingerprint density at radius 1 is 1.03 bits per heavy atom. The van der Waals surface area contributed by atoms with Crippen molar-refractivity contribution in [1.29, 1.82) is 0 Å². The third-order valence-electron chi connectivity index (χ3n) is 6.08. The van der Waals surface area contributed by atoms with E-state index in [4.69, 9.17) is 14.5 Å². The van der Waals surface area contributed by atoms with Crippen molar-refractivity contribution in [3.8, 4) is 11.3 Å². The minimum absolute atomic E-state index is 0.0158. The fourth-order valence-electron chi connectivity index (χ4n) is 4.31. The van der Waals surface area contributed by atoms with Gasteiger partial charge in [0.05, 0.1) is 18.9 Å². The van der Waals surface area contributed by atoms with E-state index in [1.807, 2.05) is 6.07 Å². The van der Waals surface area contributed by atoms with Crippen molar-refractivity contribution in [1.82, 2.24) is 19.9 Å². The summed E-state index contributed by atoms with van der Waals surface area (Å²) in [7, 11) is 0. The summed E-state index contributed by atoms with van der Waals surface area (Å²) < 4.78 is 25.5. The normalized spacial score (nSPS) is 19.9. The number of benzene rings is 1. The Bertz CT molecular complexity index is 1040. The second-order valence-corrected chi connectivity index (χ2v) is 9.32. The molecule has 0 spiro atoms. The van der Waals surface area contributed by atoms with Gasteiger partial charge in [0.15, 0.2) is 5.82 Å². The molecule has 0 unspecified atom stereocenters. The molecule has 32 heavy (non-hydrogen) atoms. The van der Waals surface area contributed by atoms with Gasteiger partial charge < -0.3 is 19.4 Å². The molecule has 8 heteroatoms. The molecule has 2 aliphatic rings. The van der Waals surface area contributed by atoms with E-state index in [-0.39, 0.29) is 17.2 Å². The number of H-pyrrole nitrogens is 1. The zero-order chi connectivity index (χ0) is 22.1. The second kappa shape index (κ2) is 8.60. The summed E-state index contributed by atoms with van der Waals surface area (Å²) >= 11 is 0. The first-order valence-corrected chi connectivity index (χ1v) is 11.1. The standard InChI is InChI=1S/C24H28FN5O2/c1-24(2)14-31-22(32-15-24)21-28-19(16-4-6-18(25)7-5-16)20(29-21)17-8-12-30(13-9-17)23-26-10-3-11-27-23/h3-7,10-11,17,22H,8-9,12-15H2,1-2H3,(H,28,29). The molecule has 2 fully saturated rings. The molecular weight excluding hydrogens is 409 g/mol. The van der Waals surface area contributed by atoms with Gasteiger partial charge in [-0.05, 0) is 43.2 Å². The van der Waals surface area contributed by atoms with Crippen molar-refractivity contribution in [2.24, 2.45) is 5.41 Å². The molecular formula is C24H28FN5O2. The van der Waals surface area contributed by atoms with Crippen LogP contribution in [0.3, 0.4) is 0 Å². The first-order chi connectivity index (χ1) is 15.5. The van der Waals surface area contributed by atoms with Crippen LogP contribution in [0, 0.1) is 11.2 Å². The third-order valence-corrected chi connectivity index (χ3v) is 6.08. The first kappa shape index (κ1) is 21.0. The number of ether oxygens (including phenoxy) is 2. The number of rotatable bonds is 4. The zero-order valence-electron chi connectivity index (χ0n) is 18.4. The molecule has 2 aliphatic heterocycles. The maximum atomic E-state index is 13.5. The predicted molar refractivity (Wildman–Crippen MR) is 119 cm³/mol. The Morgan fingerprint density at radius 3 is 2.34 bits per heavy atom. The van der Waals surface area contributed by atoms with Gasteiger partial charge in [0.1, 0.15) is 5.82 Å². The first-order valence-electron chi connectivity index (χ1n) is 11.1. The van der Waals surface area contributed by atoms with E-state index in [1.54, 1.807) is 24.5 Å². The van der Waals surface area contributed by atoms with E-state index in [1.165, 1.54) is 12.1 Å². The van der Waals surface area contributed by atoms with Crippen LogP contribution in [0.4, 0.5) is 10.3 Å². The molecule has 0 bridgehead atoms. The molecule has 0 amide bonds. The van der Waals surface area contributed by atoms with Gasteiger partial charge in [0.2, 0.25) is 12.2 Å². The summed E-state index contributed by atoms with van der Waals surface area (Å²) in [6, 6.07) is 8.32. The van der Waals surface area contributed by atoms with Crippen molar-refractivity contribution in [2.45, 2.75) is 38.9 Å². The summed E-state index contributed by atoms with van der Waals surface area (Å²) in [6.45, 7) is 7.16. The summed E-state index contributed by atoms with van der Waals surface area (Å²) in [4.78, 5) is 19.3. The van der Waals surface area contributed by atoms with E-state index in [0.717, 1.165) is 48.8 Å². The Balaban J connectivity index is 1.40. The summed E-state index contributed by atoms with van der Waals surface area (Å²) in [5.41, 5.74) is 2.76. The van der Waals surface area contributed by atoms with Gasteiger partial charge in [-0.15, -0.1) is 0 Å². The number of aromatic nitrogens is 4. The minimum Gasteiger partial charge on any atom is -0.345 e. The lowest BCUT2D eigenvalue weighted by Crippen LogP contribution is -2.34. The number of hydrogen-bond acceptors (Lipinski definition) is 6. The van der Waals surface area contributed by atoms with Crippen molar-refractivity contribution in [2.75, 3.05) is 31.2 Å². The molecule has 1 N–H and O–H groups in total. The lowest BCUT2D eigenvalue weighted by atomic mass is 9.91. The van der Waals surface area contributed by atoms with Crippen LogP contribution >= 0.6 is 0 Å². The molecule has 168 valence electrons. The van der Waals surface area contributed by atoms with Crippen LogP contribution in [0.2, 0.25) is 0 Å². The van der Waals surface area contributed by atoms with Crippen molar-refractivity contribution >= 4 is 5.95 Å². The molecule has 0 saturated carbocycles. The highest BCUT2D eigenvalue weighted by Gasteiger charge is 2.33. The highest BCUT2D eigenvalue weighted by Crippen LogP contribution is 2.37. The van der Waals surface area contributed by atoms with Gasteiger partial charge >= 0.3 is 0 Å². The van der Waals surface area contributed by atoms with Gasteiger partial charge in [-0.1, -0.05) is 13.8 Å². The van der Waals surface area contributed by atoms with E-state index < -0.39 is 6.29 Å². The number of nitrogens with one attached hydrogen (secondary N) is 1. The molecule has 0 atom stereocenters. The number of imidazole rings is 1. The number of nitrogens with zero attached hydrogens (tertiary/aromatic N) is 4. The Kier molecular flexibility index (Phi) is 5.65. The molecule has 2 saturated heterocycles. The van der Waals surface area contributed by atoms with E-state index >= 15 is 0 Å². The molecule has 5 rings (SSSR count). The Hall–Kier alpha value is -2.84. The predicted octanol–water partition coefficient (Wildman–Crippen LogP) is 4.46. The minimum atomic E-state index is -0.520. The topological polar surface area (TPSA) is 76.2 Å². The quantitative estimate of drug-likeness (QED) is 0.649. The number of aromatic amines is 1. The summed E-state index contributed by atoms with van der Waals surface area (Å²) in [5.74, 6) is 1.46. The molecule has 7 nitrogen and oxygen atoms in total. The van der Waals surface area contributed by atoms with E-state index in [9.17, 15) is 4.39 Å². The highest BCUT2D eigenvalue weighted by atomic mass is 19.1. The maximum absolute atomic E-state index is 13.5. The van der Waals surface area contributed by atoms with Crippen LogP contribution in [-0.4, -0.2) is 46.2 Å². The Morgan fingerprint density at radius 2 is 1.69 bits per heavy atom. The molecule has 1 aromatic carbocycles. The molecule has 0 aliphatic carbocycles. The fraction of sp³-hybridized carbons (Fsp3) is 0.458. The van der Waals surface area contributed by atoms with Gasteiger partial charge in [-0.3, -0.25) is 0 Å². The van der Waals surface area contributed by atoms with Crippen LogP contribution in [0.25, 0.3) is 11.3 Å². The van der Waals surface area contributed by atoms with Crippen molar-refractivity contribution in [3.63, 3.8) is 0 Å². The number of piperidine rings is 1. The summed E-state index contributed by atoms with van der Waals surface area (Å²) in [6.07, 6.45) is 4.90. The number of anilines is 1. The van der Waals surface area contributed by atoms with Gasteiger partial charge in [-0.25, -0.2) is 19.3 Å². The monoisotopic (exact) mass is 437 g/mol. The van der Waals surface area contributed by atoms with Crippen molar-refractivity contribution in [3.05, 3.63) is 60.1 Å². The molecule has 4 heterocycles. The summed E-state index contributed by atoms with van der Waals surface area (Å²) in [5, 5.41) is 0. The number of hydrogen-bond donors (Lipinski definition) is 1. The Labute approximate surface area is 187 Å². The number of halogens is 1. The third kappa shape index (κ3) is 4.38. The average molecular weight is 438 g/mol. The van der Waals surface area contributed by atoms with Crippen molar-refractivity contribution < 1.29 is 13.9 Å². The van der Waals surface area contributed by atoms with Crippen LogP contribution in [0.5, 0.6) is 0 Å². The van der Waals surface area contributed by atoms with Crippen LogP contribution in [0.1, 0.15) is 50.4 Å². The van der Waals surface area contributed by atoms with Crippen LogP contribution in [-0.2, 0) is 9.47 Å². The SMILES string of the molecule is CC1(C)COC(c2nc(-c3ccc(F)cc3)c(C3CCN(c4ncccn4)CC3)[nH]2)OC1. The maximum Gasteiger partial charge on any atom is 0.225 e. The van der Waals surface area contributed by atoms with E-state index in [2.05, 4.69) is 33.7 Å². The fourth-order valence-corrected chi connectivity index (χ4v) is 4.31.